The molecule has 1 aromatic carbocycles. The van der Waals surface area contributed by atoms with Crippen molar-refractivity contribution in [3.8, 4) is 0 Å². The molecule has 3 rings (SSSR count). The predicted octanol–water partition coefficient (Wildman–Crippen LogP) is 4.66. The number of halogens is 3. The molecule has 0 aliphatic carbocycles. The molecule has 0 bridgehead atoms. The average molecular weight is 400 g/mol. The molecule has 27 heavy (non-hydrogen) atoms. The Morgan fingerprint density at radius 2 is 1.70 bits per heavy atom. The highest BCUT2D eigenvalue weighted by molar-refractivity contribution is 6.33. The third-order valence-corrected chi connectivity index (χ3v) is 6.11. The molecule has 2 fully saturated rings. The summed E-state index contributed by atoms with van der Waals surface area (Å²) in [5.74, 6) is 1.12. The Hall–Kier alpha value is -1.89. The zero-order chi connectivity index (χ0) is 19.4. The summed E-state index contributed by atoms with van der Waals surface area (Å²) in [5.41, 5.74) is 1.54. The van der Waals surface area contributed by atoms with E-state index < -0.39 is 11.4 Å². The van der Waals surface area contributed by atoms with Crippen LogP contribution in [-0.2, 0) is 0 Å². The number of carbonyl (C=O) groups is 2. The molecule has 0 aromatic heterocycles. The zero-order valence-corrected chi connectivity index (χ0v) is 15.9. The largest absolute Gasteiger partial charge is 0.378 e. The average Bonchev–Trinajstić information content (AvgIpc) is 2.68. The van der Waals surface area contributed by atoms with Crippen LogP contribution in [0.1, 0.15) is 42.5 Å². The summed E-state index contributed by atoms with van der Waals surface area (Å²) in [6.07, 6.45) is 5.60. The number of hydrogen-bond donors (Lipinski definition) is 0. The molecule has 8 heteroatoms. The van der Waals surface area contributed by atoms with Crippen LogP contribution >= 0.6 is 11.6 Å². The van der Waals surface area contributed by atoms with Gasteiger partial charge in [0.25, 0.3) is 0 Å². The molecule has 148 valence electrons. The van der Waals surface area contributed by atoms with Gasteiger partial charge in [-0.05, 0) is 62.1 Å². The normalized spacial score (nSPS) is 19.2. The molecule has 1 aromatic rings. The topological polar surface area (TPSA) is 43.9 Å². The molecular formula is C19H24ClF2N3O2. The van der Waals surface area contributed by atoms with Gasteiger partial charge in [-0.1, -0.05) is 20.6 Å². The molecule has 2 heterocycles. The number of amides is 2. The molecule has 0 N–H and O–H groups in total. The molecule has 0 unspecified atom stereocenters. The lowest BCUT2D eigenvalue weighted by Crippen LogP contribution is -2.42. The van der Waals surface area contributed by atoms with Crippen molar-refractivity contribution in [2.75, 3.05) is 31.1 Å². The van der Waals surface area contributed by atoms with Gasteiger partial charge in [0.1, 0.15) is 0 Å². The molecule has 0 saturated carbocycles. The molecule has 2 amide bonds. The number of piperidine rings is 2. The third kappa shape index (κ3) is 4.89. The first kappa shape index (κ1) is 19.9. The van der Waals surface area contributed by atoms with E-state index in [1.807, 2.05) is 12.1 Å². The molecule has 0 radical (unpaired) electrons. The molecule has 2 aliphatic heterocycles. The fraction of sp³-hybridized carbons (Fsp3) is 0.579. The van der Waals surface area contributed by atoms with Gasteiger partial charge in [-0.3, -0.25) is 4.79 Å². The number of hydrogen-bond acceptors (Lipinski definition) is 3. The van der Waals surface area contributed by atoms with Crippen LogP contribution in [0.4, 0.5) is 19.4 Å². The number of benzene rings is 1. The number of urea groups is 1. The summed E-state index contributed by atoms with van der Waals surface area (Å²) in [6, 6.07) is 4.34. The maximum atomic E-state index is 12.3. The number of rotatable bonds is 4. The lowest BCUT2D eigenvalue weighted by molar-refractivity contribution is -0.112. The standard InChI is InChI=1S/C19H24ClF2N3O2/c20-18-12-17(2-1-16(18)13-26)23-7-3-14(4-8-23)11-15-5-9-24(10-6-15)19(27)25(21)22/h1-2,12-15H,3-11H2. The van der Waals surface area contributed by atoms with E-state index in [0.717, 1.165) is 57.2 Å². The Bertz CT molecular complexity index is 673. The Labute approximate surface area is 162 Å². The lowest BCUT2D eigenvalue weighted by Gasteiger charge is -2.37. The van der Waals surface area contributed by atoms with Crippen molar-refractivity contribution in [2.24, 2.45) is 11.8 Å². The van der Waals surface area contributed by atoms with Gasteiger partial charge in [0, 0.05) is 42.8 Å². The lowest BCUT2D eigenvalue weighted by atomic mass is 9.83. The molecule has 2 aliphatic rings. The first-order valence-corrected chi connectivity index (χ1v) is 9.76. The van der Waals surface area contributed by atoms with E-state index in [-0.39, 0.29) is 0 Å². The van der Waals surface area contributed by atoms with Gasteiger partial charge in [-0.25, -0.2) is 4.79 Å². The number of carbonyl (C=O) groups excluding carboxylic acids is 2. The van der Waals surface area contributed by atoms with Crippen LogP contribution < -0.4 is 4.90 Å². The van der Waals surface area contributed by atoms with E-state index in [0.29, 0.717) is 35.5 Å². The summed E-state index contributed by atoms with van der Waals surface area (Å²) in [5, 5.41) is -0.852. The first-order chi connectivity index (χ1) is 13.0. The maximum Gasteiger partial charge on any atom is 0.378 e. The second-order valence-electron chi connectivity index (χ2n) is 7.44. The van der Waals surface area contributed by atoms with Gasteiger partial charge in [-0.2, -0.15) is 0 Å². The molecule has 5 nitrogen and oxygen atoms in total. The second-order valence-corrected chi connectivity index (χ2v) is 7.84. The minimum Gasteiger partial charge on any atom is -0.371 e. The SMILES string of the molecule is O=Cc1ccc(N2CCC(CC3CCN(C(=O)N(F)F)CC3)CC2)cc1Cl. The van der Waals surface area contributed by atoms with Crippen molar-refractivity contribution in [3.63, 3.8) is 0 Å². The summed E-state index contributed by atoms with van der Waals surface area (Å²) < 4.78 is 24.7. The van der Waals surface area contributed by atoms with Gasteiger partial charge >= 0.3 is 6.03 Å². The van der Waals surface area contributed by atoms with E-state index in [1.165, 1.54) is 4.90 Å². The quantitative estimate of drug-likeness (QED) is 0.546. The highest BCUT2D eigenvalue weighted by atomic mass is 35.5. The van der Waals surface area contributed by atoms with Crippen molar-refractivity contribution >= 4 is 29.6 Å². The zero-order valence-electron chi connectivity index (χ0n) is 15.1. The summed E-state index contributed by atoms with van der Waals surface area (Å²) in [4.78, 5) is 25.7. The maximum absolute atomic E-state index is 12.3. The van der Waals surface area contributed by atoms with Crippen LogP contribution in [0.15, 0.2) is 18.2 Å². The van der Waals surface area contributed by atoms with E-state index in [1.54, 1.807) is 6.07 Å². The predicted molar refractivity (Wildman–Crippen MR) is 100 cm³/mol. The van der Waals surface area contributed by atoms with E-state index in [4.69, 9.17) is 11.6 Å². The second kappa shape index (κ2) is 8.87. The number of aldehydes is 1. The highest BCUT2D eigenvalue weighted by Gasteiger charge is 2.29. The number of nitrogens with zero attached hydrogens (tertiary/aromatic N) is 3. The third-order valence-electron chi connectivity index (χ3n) is 5.79. The van der Waals surface area contributed by atoms with Gasteiger partial charge in [-0.15, -0.1) is 0 Å². The van der Waals surface area contributed by atoms with Crippen LogP contribution in [0, 0.1) is 11.8 Å². The minimum absolute atomic E-state index is 0.411. The van der Waals surface area contributed by atoms with Crippen molar-refractivity contribution in [3.05, 3.63) is 28.8 Å². The Morgan fingerprint density at radius 1 is 1.11 bits per heavy atom. The van der Waals surface area contributed by atoms with Gasteiger partial charge < -0.3 is 9.80 Å². The molecule has 0 spiro atoms. The number of anilines is 1. The van der Waals surface area contributed by atoms with Gasteiger partial charge in [0.2, 0.25) is 0 Å². The van der Waals surface area contributed by atoms with Crippen LogP contribution in [0.2, 0.25) is 5.02 Å². The highest BCUT2D eigenvalue weighted by Crippen LogP contribution is 2.32. The smallest absolute Gasteiger partial charge is 0.371 e. The van der Waals surface area contributed by atoms with Gasteiger partial charge in [0.05, 0.1) is 5.02 Å². The summed E-state index contributed by atoms with van der Waals surface area (Å²) in [7, 11) is 0. The van der Waals surface area contributed by atoms with Gasteiger partial charge in [0.15, 0.2) is 6.29 Å². The molecular weight excluding hydrogens is 376 g/mol. The Kier molecular flexibility index (Phi) is 6.52. The molecule has 0 atom stereocenters. The van der Waals surface area contributed by atoms with Crippen LogP contribution in [0.5, 0.6) is 0 Å². The summed E-state index contributed by atoms with van der Waals surface area (Å²) >= 11 is 6.12. The fourth-order valence-corrected chi connectivity index (χ4v) is 4.39. The number of likely N-dealkylation sites (tertiary alicyclic amines) is 1. The van der Waals surface area contributed by atoms with Crippen molar-refractivity contribution in [2.45, 2.75) is 32.1 Å². The minimum atomic E-state index is -1.33. The Balaban J connectivity index is 1.44. The van der Waals surface area contributed by atoms with Crippen molar-refractivity contribution in [1.82, 2.24) is 10.2 Å². The van der Waals surface area contributed by atoms with E-state index in [9.17, 15) is 18.6 Å². The molecule has 2 saturated heterocycles. The monoisotopic (exact) mass is 399 g/mol. The first-order valence-electron chi connectivity index (χ1n) is 9.38. The van der Waals surface area contributed by atoms with Crippen molar-refractivity contribution in [1.29, 1.82) is 0 Å². The summed E-state index contributed by atoms with van der Waals surface area (Å²) in [6.45, 7) is 2.71. The van der Waals surface area contributed by atoms with Crippen LogP contribution in [-0.4, -0.2) is 48.7 Å². The van der Waals surface area contributed by atoms with Crippen LogP contribution in [0.25, 0.3) is 0 Å². The van der Waals surface area contributed by atoms with Crippen LogP contribution in [0.3, 0.4) is 0 Å². The Morgan fingerprint density at radius 3 is 2.22 bits per heavy atom. The van der Waals surface area contributed by atoms with Crippen molar-refractivity contribution < 1.29 is 18.6 Å². The van der Waals surface area contributed by atoms with E-state index >= 15 is 0 Å². The van der Waals surface area contributed by atoms with E-state index in [2.05, 4.69) is 4.90 Å². The fourth-order valence-electron chi connectivity index (χ4n) is 4.17.